The predicted molar refractivity (Wildman–Crippen MR) is 83.5 cm³/mol. The maximum atomic E-state index is 4.43. The highest BCUT2D eigenvalue weighted by Gasteiger charge is 2.11. The third-order valence-corrected chi connectivity index (χ3v) is 4.17. The summed E-state index contributed by atoms with van der Waals surface area (Å²) in [5, 5.41) is 7.81. The first kappa shape index (κ1) is 15.3. The predicted octanol–water partition coefficient (Wildman–Crippen LogP) is 2.48. The van der Waals surface area contributed by atoms with Crippen LogP contribution in [0.4, 0.5) is 0 Å². The van der Waals surface area contributed by atoms with Crippen LogP contribution < -0.4 is 5.32 Å². The summed E-state index contributed by atoms with van der Waals surface area (Å²) >= 11 is 3.59. The molecule has 0 unspecified atom stereocenters. The first-order valence-corrected chi connectivity index (χ1v) is 7.66. The maximum Gasteiger partial charge on any atom is 0.0953 e. The van der Waals surface area contributed by atoms with Gasteiger partial charge in [0, 0.05) is 19.8 Å². The molecule has 2 aromatic rings. The molecule has 2 aromatic heterocycles. The molecule has 0 amide bonds. The molecule has 0 aliphatic carbocycles. The number of aryl methyl sites for hydroxylation is 2. The maximum absolute atomic E-state index is 4.43. The van der Waals surface area contributed by atoms with Crippen LogP contribution in [0.2, 0.25) is 0 Å². The molecule has 5 nitrogen and oxygen atoms in total. The number of halogens is 1. The molecule has 0 radical (unpaired) electrons. The van der Waals surface area contributed by atoms with E-state index in [0.717, 1.165) is 41.2 Å². The Bertz CT molecular complexity index is 570. The van der Waals surface area contributed by atoms with Crippen molar-refractivity contribution in [3.8, 4) is 0 Å². The van der Waals surface area contributed by atoms with Gasteiger partial charge in [0.2, 0.25) is 0 Å². The Morgan fingerprint density at radius 3 is 2.75 bits per heavy atom. The number of imidazole rings is 1. The summed E-state index contributed by atoms with van der Waals surface area (Å²) in [6.45, 7) is 9.01. The van der Waals surface area contributed by atoms with Crippen LogP contribution in [0.25, 0.3) is 0 Å². The molecule has 0 aliphatic heterocycles. The number of hydrogen-bond donors (Lipinski definition) is 1. The lowest BCUT2D eigenvalue weighted by molar-refractivity contribution is 0.548. The smallest absolute Gasteiger partial charge is 0.0953 e. The Morgan fingerprint density at radius 1 is 1.40 bits per heavy atom. The summed E-state index contributed by atoms with van der Waals surface area (Å²) < 4.78 is 5.08. The zero-order chi connectivity index (χ0) is 14.7. The van der Waals surface area contributed by atoms with Gasteiger partial charge in [0.05, 0.1) is 34.4 Å². The minimum Gasteiger partial charge on any atom is -0.331 e. The zero-order valence-corrected chi connectivity index (χ0v) is 14.1. The standard InChI is InChI=1S/C14H22BrN5/c1-10(2)5-16-6-12-7-20(9-17-12)8-13-14(15)11(3)18-19(13)4/h7,9-10,16H,5-6,8H2,1-4H3. The monoisotopic (exact) mass is 339 g/mol. The van der Waals surface area contributed by atoms with Crippen molar-refractivity contribution < 1.29 is 0 Å². The highest BCUT2D eigenvalue weighted by Crippen LogP contribution is 2.21. The van der Waals surface area contributed by atoms with E-state index < -0.39 is 0 Å². The first-order chi connectivity index (χ1) is 9.47. The van der Waals surface area contributed by atoms with Crippen molar-refractivity contribution in [1.82, 2.24) is 24.6 Å². The van der Waals surface area contributed by atoms with Gasteiger partial charge in [0.25, 0.3) is 0 Å². The van der Waals surface area contributed by atoms with Crippen LogP contribution in [0.15, 0.2) is 17.0 Å². The molecule has 110 valence electrons. The van der Waals surface area contributed by atoms with Gasteiger partial charge in [-0.25, -0.2) is 4.98 Å². The molecule has 0 saturated heterocycles. The van der Waals surface area contributed by atoms with Gasteiger partial charge in [-0.15, -0.1) is 0 Å². The average Bonchev–Trinajstić information content (AvgIpc) is 2.90. The van der Waals surface area contributed by atoms with Crippen LogP contribution in [0.1, 0.15) is 30.9 Å². The molecule has 2 rings (SSSR count). The Hall–Kier alpha value is -1.14. The fraction of sp³-hybridized carbons (Fsp3) is 0.571. The lowest BCUT2D eigenvalue weighted by Gasteiger charge is -2.05. The minimum atomic E-state index is 0.658. The van der Waals surface area contributed by atoms with E-state index in [1.165, 1.54) is 0 Å². The third-order valence-electron chi connectivity index (χ3n) is 3.14. The molecule has 0 spiro atoms. The van der Waals surface area contributed by atoms with Crippen LogP contribution in [0.3, 0.4) is 0 Å². The normalized spacial score (nSPS) is 11.5. The molecule has 0 bridgehead atoms. The molecule has 0 atom stereocenters. The van der Waals surface area contributed by atoms with Crippen LogP contribution in [0, 0.1) is 12.8 Å². The quantitative estimate of drug-likeness (QED) is 0.879. The van der Waals surface area contributed by atoms with Crippen molar-refractivity contribution >= 4 is 15.9 Å². The van der Waals surface area contributed by atoms with Crippen LogP contribution in [0.5, 0.6) is 0 Å². The summed E-state index contributed by atoms with van der Waals surface area (Å²) in [6.07, 6.45) is 3.96. The fourth-order valence-electron chi connectivity index (χ4n) is 2.10. The van der Waals surface area contributed by atoms with Crippen molar-refractivity contribution in [1.29, 1.82) is 0 Å². The Labute approximate surface area is 128 Å². The van der Waals surface area contributed by atoms with Crippen LogP contribution >= 0.6 is 15.9 Å². The number of nitrogens with one attached hydrogen (secondary N) is 1. The van der Waals surface area contributed by atoms with Crippen molar-refractivity contribution in [3.63, 3.8) is 0 Å². The SMILES string of the molecule is Cc1nn(C)c(Cn2cnc(CNCC(C)C)c2)c1Br. The minimum absolute atomic E-state index is 0.658. The first-order valence-electron chi connectivity index (χ1n) is 6.86. The average molecular weight is 340 g/mol. The summed E-state index contributed by atoms with van der Waals surface area (Å²) in [5.41, 5.74) is 3.24. The largest absolute Gasteiger partial charge is 0.331 e. The highest BCUT2D eigenvalue weighted by molar-refractivity contribution is 9.10. The van der Waals surface area contributed by atoms with Crippen molar-refractivity contribution in [3.05, 3.63) is 34.1 Å². The van der Waals surface area contributed by atoms with Gasteiger partial charge in [-0.05, 0) is 35.3 Å². The van der Waals surface area contributed by atoms with Crippen molar-refractivity contribution in [2.24, 2.45) is 13.0 Å². The molecule has 1 N–H and O–H groups in total. The molecule has 0 aromatic carbocycles. The van der Waals surface area contributed by atoms with Gasteiger partial charge in [0.15, 0.2) is 0 Å². The number of rotatable bonds is 6. The third kappa shape index (κ3) is 3.70. The van der Waals surface area contributed by atoms with Gasteiger partial charge < -0.3 is 9.88 Å². The molecular weight excluding hydrogens is 318 g/mol. The number of nitrogens with zero attached hydrogens (tertiary/aromatic N) is 4. The lowest BCUT2D eigenvalue weighted by atomic mass is 10.2. The molecule has 0 fully saturated rings. The summed E-state index contributed by atoms with van der Waals surface area (Å²) in [5.74, 6) is 0.658. The van der Waals surface area contributed by atoms with E-state index in [1.54, 1.807) is 0 Å². The van der Waals surface area contributed by atoms with E-state index in [-0.39, 0.29) is 0 Å². The molecule has 6 heteroatoms. The van der Waals surface area contributed by atoms with Gasteiger partial charge in [0.1, 0.15) is 0 Å². The van der Waals surface area contributed by atoms with Crippen molar-refractivity contribution in [2.75, 3.05) is 6.54 Å². The van der Waals surface area contributed by atoms with E-state index >= 15 is 0 Å². The Kier molecular flexibility index (Phi) is 4.99. The van der Waals surface area contributed by atoms with E-state index in [1.807, 2.05) is 25.0 Å². The molecule has 2 heterocycles. The second kappa shape index (κ2) is 6.54. The van der Waals surface area contributed by atoms with E-state index in [2.05, 4.69) is 55.9 Å². The topological polar surface area (TPSA) is 47.7 Å². The Balaban J connectivity index is 1.99. The molecule has 0 saturated carbocycles. The van der Waals surface area contributed by atoms with Crippen molar-refractivity contribution in [2.45, 2.75) is 33.9 Å². The Morgan fingerprint density at radius 2 is 2.15 bits per heavy atom. The summed E-state index contributed by atoms with van der Waals surface area (Å²) in [6, 6.07) is 0. The van der Waals surface area contributed by atoms with Gasteiger partial charge in [-0.3, -0.25) is 4.68 Å². The fourth-order valence-corrected chi connectivity index (χ4v) is 2.56. The van der Waals surface area contributed by atoms with Gasteiger partial charge in [-0.2, -0.15) is 5.10 Å². The molecule has 0 aliphatic rings. The van der Waals surface area contributed by atoms with E-state index in [9.17, 15) is 0 Å². The molecular formula is C14H22BrN5. The van der Waals surface area contributed by atoms with Gasteiger partial charge in [-0.1, -0.05) is 13.8 Å². The van der Waals surface area contributed by atoms with Gasteiger partial charge >= 0.3 is 0 Å². The second-order valence-corrected chi connectivity index (χ2v) is 6.32. The zero-order valence-electron chi connectivity index (χ0n) is 12.5. The highest BCUT2D eigenvalue weighted by atomic mass is 79.9. The number of hydrogen-bond acceptors (Lipinski definition) is 3. The number of aromatic nitrogens is 4. The van der Waals surface area contributed by atoms with E-state index in [4.69, 9.17) is 0 Å². The van der Waals surface area contributed by atoms with Crippen LogP contribution in [-0.4, -0.2) is 25.9 Å². The lowest BCUT2D eigenvalue weighted by Crippen LogP contribution is -2.19. The van der Waals surface area contributed by atoms with Crippen LogP contribution in [-0.2, 0) is 20.1 Å². The summed E-state index contributed by atoms with van der Waals surface area (Å²) in [4.78, 5) is 4.43. The second-order valence-electron chi connectivity index (χ2n) is 5.53. The molecule has 20 heavy (non-hydrogen) atoms. The van der Waals surface area contributed by atoms with E-state index in [0.29, 0.717) is 5.92 Å². The summed E-state index contributed by atoms with van der Waals surface area (Å²) in [7, 11) is 1.97.